The van der Waals surface area contributed by atoms with E-state index in [2.05, 4.69) is 65.8 Å². The summed E-state index contributed by atoms with van der Waals surface area (Å²) in [6.07, 6.45) is 0. The van der Waals surface area contributed by atoms with Gasteiger partial charge < -0.3 is 0 Å². The molecule has 0 aliphatic rings. The lowest BCUT2D eigenvalue weighted by Crippen LogP contribution is -2.04. The van der Waals surface area contributed by atoms with Crippen LogP contribution in [0.4, 0.5) is 0 Å². The summed E-state index contributed by atoms with van der Waals surface area (Å²) in [5.74, 6) is 0. The molecule has 0 fully saturated rings. The van der Waals surface area contributed by atoms with E-state index in [4.69, 9.17) is 11.6 Å². The Morgan fingerprint density at radius 1 is 0.600 bits per heavy atom. The molecule has 0 saturated carbocycles. The molecule has 0 heterocycles. The van der Waals surface area contributed by atoms with Crippen LogP contribution in [0.25, 0.3) is 0 Å². The number of alkyl halides is 1. The summed E-state index contributed by atoms with van der Waals surface area (Å²) < 4.78 is 0. The van der Waals surface area contributed by atoms with Gasteiger partial charge in [-0.05, 0) is 74.9 Å². The second-order valence-corrected chi connectivity index (χ2v) is 6.42. The average molecular weight is 287 g/mol. The SMILES string of the molecule is Cc1cc(C)c(C(Cl)c2c(C)cc(C)cc2C)c(C)c1. The van der Waals surface area contributed by atoms with Gasteiger partial charge in [-0.25, -0.2) is 0 Å². The zero-order valence-corrected chi connectivity index (χ0v) is 14.0. The number of hydrogen-bond donors (Lipinski definition) is 0. The van der Waals surface area contributed by atoms with Gasteiger partial charge in [-0.1, -0.05) is 35.4 Å². The van der Waals surface area contributed by atoms with Crippen LogP contribution in [0.15, 0.2) is 24.3 Å². The molecule has 20 heavy (non-hydrogen) atoms. The van der Waals surface area contributed by atoms with E-state index in [9.17, 15) is 0 Å². The van der Waals surface area contributed by atoms with Crippen LogP contribution in [0.2, 0.25) is 0 Å². The molecule has 0 amide bonds. The zero-order chi connectivity index (χ0) is 15.0. The van der Waals surface area contributed by atoms with E-state index in [1.165, 1.54) is 44.5 Å². The standard InChI is InChI=1S/C19H23Cl/c1-11-7-13(3)17(14(4)8-11)19(20)18-15(5)9-12(2)10-16(18)6/h7-10,19H,1-6H3. The van der Waals surface area contributed by atoms with Gasteiger partial charge in [0.15, 0.2) is 0 Å². The maximum absolute atomic E-state index is 6.86. The predicted molar refractivity (Wildman–Crippen MR) is 89.0 cm³/mol. The van der Waals surface area contributed by atoms with E-state index in [0.29, 0.717) is 0 Å². The highest BCUT2D eigenvalue weighted by Crippen LogP contribution is 2.37. The third-order valence-corrected chi connectivity index (χ3v) is 4.42. The molecule has 2 aromatic rings. The highest BCUT2D eigenvalue weighted by molar-refractivity contribution is 6.23. The fourth-order valence-electron chi connectivity index (χ4n) is 3.33. The summed E-state index contributed by atoms with van der Waals surface area (Å²) in [6, 6.07) is 8.88. The van der Waals surface area contributed by atoms with Gasteiger partial charge in [-0.2, -0.15) is 0 Å². The van der Waals surface area contributed by atoms with Crippen molar-refractivity contribution in [2.45, 2.75) is 46.9 Å². The lowest BCUT2D eigenvalue weighted by Gasteiger charge is -2.21. The number of rotatable bonds is 2. The van der Waals surface area contributed by atoms with E-state index in [0.717, 1.165) is 0 Å². The van der Waals surface area contributed by atoms with E-state index in [-0.39, 0.29) is 5.38 Å². The van der Waals surface area contributed by atoms with Crippen molar-refractivity contribution in [2.24, 2.45) is 0 Å². The van der Waals surface area contributed by atoms with Crippen LogP contribution in [-0.4, -0.2) is 0 Å². The second kappa shape index (κ2) is 5.61. The molecule has 0 N–H and O–H groups in total. The number of aryl methyl sites for hydroxylation is 6. The van der Waals surface area contributed by atoms with Crippen molar-refractivity contribution in [3.8, 4) is 0 Å². The summed E-state index contributed by atoms with van der Waals surface area (Å²) in [4.78, 5) is 0. The largest absolute Gasteiger partial charge is 0.113 e. The Bertz CT molecular complexity index is 549. The van der Waals surface area contributed by atoms with Crippen molar-refractivity contribution < 1.29 is 0 Å². The number of benzene rings is 2. The predicted octanol–water partition coefficient (Wildman–Crippen LogP) is 5.87. The van der Waals surface area contributed by atoms with Crippen molar-refractivity contribution in [2.75, 3.05) is 0 Å². The van der Waals surface area contributed by atoms with Gasteiger partial charge in [-0.15, -0.1) is 11.6 Å². The first kappa shape index (κ1) is 15.1. The van der Waals surface area contributed by atoms with Crippen molar-refractivity contribution in [1.29, 1.82) is 0 Å². The molecule has 1 heteroatoms. The number of halogens is 1. The molecular weight excluding hydrogens is 264 g/mol. The summed E-state index contributed by atoms with van der Waals surface area (Å²) in [5, 5.41) is -0.0730. The lowest BCUT2D eigenvalue weighted by molar-refractivity contribution is 1.03. The van der Waals surface area contributed by atoms with Crippen LogP contribution in [-0.2, 0) is 0 Å². The van der Waals surface area contributed by atoms with Gasteiger partial charge in [0.2, 0.25) is 0 Å². The Morgan fingerprint density at radius 3 is 1.10 bits per heavy atom. The second-order valence-electron chi connectivity index (χ2n) is 5.99. The van der Waals surface area contributed by atoms with Gasteiger partial charge in [-0.3, -0.25) is 0 Å². The van der Waals surface area contributed by atoms with Crippen LogP contribution < -0.4 is 0 Å². The minimum absolute atomic E-state index is 0.0730. The molecule has 0 unspecified atom stereocenters. The van der Waals surface area contributed by atoms with Gasteiger partial charge in [0.1, 0.15) is 0 Å². The van der Waals surface area contributed by atoms with Gasteiger partial charge in [0, 0.05) is 0 Å². The first-order valence-corrected chi connectivity index (χ1v) is 7.54. The zero-order valence-electron chi connectivity index (χ0n) is 13.3. The molecule has 0 atom stereocenters. The fourth-order valence-corrected chi connectivity index (χ4v) is 4.01. The minimum Gasteiger partial charge on any atom is -0.113 e. The van der Waals surface area contributed by atoms with Crippen LogP contribution in [0.5, 0.6) is 0 Å². The fraction of sp³-hybridized carbons (Fsp3) is 0.368. The summed E-state index contributed by atoms with van der Waals surface area (Å²) in [7, 11) is 0. The molecule has 0 nitrogen and oxygen atoms in total. The highest BCUT2D eigenvalue weighted by Gasteiger charge is 2.19. The third-order valence-electron chi connectivity index (χ3n) is 3.98. The molecule has 0 bridgehead atoms. The Hall–Kier alpha value is -1.27. The summed E-state index contributed by atoms with van der Waals surface area (Å²) in [6.45, 7) is 12.9. The van der Waals surface area contributed by atoms with E-state index in [1.807, 2.05) is 0 Å². The third kappa shape index (κ3) is 2.76. The van der Waals surface area contributed by atoms with Crippen molar-refractivity contribution in [3.63, 3.8) is 0 Å². The molecule has 0 spiro atoms. The quantitative estimate of drug-likeness (QED) is 0.606. The Morgan fingerprint density at radius 2 is 0.850 bits per heavy atom. The molecule has 0 aliphatic carbocycles. The molecule has 2 aromatic carbocycles. The summed E-state index contributed by atoms with van der Waals surface area (Å²) in [5.41, 5.74) is 10.2. The topological polar surface area (TPSA) is 0 Å². The van der Waals surface area contributed by atoms with Crippen LogP contribution in [0, 0.1) is 41.5 Å². The highest BCUT2D eigenvalue weighted by atomic mass is 35.5. The molecule has 0 saturated heterocycles. The molecule has 0 aromatic heterocycles. The van der Waals surface area contributed by atoms with Crippen LogP contribution in [0.3, 0.4) is 0 Å². The first-order valence-electron chi connectivity index (χ1n) is 7.10. The van der Waals surface area contributed by atoms with E-state index >= 15 is 0 Å². The van der Waals surface area contributed by atoms with Gasteiger partial charge in [0.25, 0.3) is 0 Å². The van der Waals surface area contributed by atoms with E-state index < -0.39 is 0 Å². The van der Waals surface area contributed by atoms with Gasteiger partial charge in [0.05, 0.1) is 5.38 Å². The lowest BCUT2D eigenvalue weighted by atomic mass is 9.89. The molecular formula is C19H23Cl. The van der Waals surface area contributed by atoms with Crippen molar-refractivity contribution in [3.05, 3.63) is 68.8 Å². The smallest absolute Gasteiger partial charge is 0.0845 e. The average Bonchev–Trinajstić information content (AvgIpc) is 2.25. The minimum atomic E-state index is -0.0730. The monoisotopic (exact) mass is 286 g/mol. The maximum Gasteiger partial charge on any atom is 0.0845 e. The number of hydrogen-bond acceptors (Lipinski definition) is 0. The molecule has 0 aliphatic heterocycles. The Labute approximate surface area is 127 Å². The van der Waals surface area contributed by atoms with Gasteiger partial charge >= 0.3 is 0 Å². The molecule has 106 valence electrons. The van der Waals surface area contributed by atoms with Crippen molar-refractivity contribution in [1.82, 2.24) is 0 Å². The van der Waals surface area contributed by atoms with Crippen LogP contribution >= 0.6 is 11.6 Å². The van der Waals surface area contributed by atoms with Crippen molar-refractivity contribution >= 4 is 11.6 Å². The maximum atomic E-state index is 6.86. The Balaban J connectivity index is 2.61. The first-order chi connectivity index (χ1) is 9.31. The Kier molecular flexibility index (Phi) is 4.25. The van der Waals surface area contributed by atoms with E-state index in [1.54, 1.807) is 0 Å². The normalized spacial score (nSPS) is 11.2. The molecule has 2 rings (SSSR count). The molecule has 0 radical (unpaired) electrons. The summed E-state index contributed by atoms with van der Waals surface area (Å²) >= 11 is 6.86. The van der Waals surface area contributed by atoms with Crippen LogP contribution in [0.1, 0.15) is 49.9 Å².